The minimum absolute atomic E-state index is 0.0211. The van der Waals surface area contributed by atoms with Gasteiger partial charge >= 0.3 is 12.1 Å². The highest BCUT2D eigenvalue weighted by molar-refractivity contribution is 9.10. The van der Waals surface area contributed by atoms with E-state index in [1.165, 1.54) is 0 Å². The molecule has 0 radical (unpaired) electrons. The molecule has 78 valence electrons. The Morgan fingerprint density at radius 1 is 1.64 bits per heavy atom. The van der Waals surface area contributed by atoms with Crippen LogP contribution in [0.5, 0.6) is 0 Å². The molecule has 0 atom stereocenters. The van der Waals surface area contributed by atoms with Gasteiger partial charge in [0.25, 0.3) is 0 Å². The topological polar surface area (TPSA) is 55.1 Å². The molecule has 0 aliphatic heterocycles. The van der Waals surface area contributed by atoms with Crippen molar-refractivity contribution in [1.29, 1.82) is 0 Å². The predicted octanol–water partition coefficient (Wildman–Crippen LogP) is 1.75. The molecule has 0 fully saturated rings. The lowest BCUT2D eigenvalue weighted by Gasteiger charge is -2.00. The summed E-state index contributed by atoms with van der Waals surface area (Å²) in [4.78, 5) is 10.2. The van der Waals surface area contributed by atoms with Crippen LogP contribution in [0.2, 0.25) is 0 Å². The number of aliphatic carboxylic acids is 1. The molecule has 0 aliphatic rings. The normalized spacial score (nSPS) is 11.7. The molecule has 0 amide bonds. The molecule has 1 N–H and O–H groups in total. The van der Waals surface area contributed by atoms with Gasteiger partial charge in [-0.05, 0) is 15.9 Å². The van der Waals surface area contributed by atoms with Gasteiger partial charge in [0.15, 0.2) is 5.69 Å². The highest BCUT2D eigenvalue weighted by atomic mass is 79.9. The average Bonchev–Trinajstić information content (AvgIpc) is 2.30. The number of alkyl halides is 3. The maximum atomic E-state index is 12.1. The smallest absolute Gasteiger partial charge is 0.435 e. The van der Waals surface area contributed by atoms with Gasteiger partial charge < -0.3 is 5.11 Å². The molecule has 1 aromatic heterocycles. The van der Waals surface area contributed by atoms with Crippen molar-refractivity contribution >= 4 is 21.9 Å². The number of rotatable bonds is 2. The molecule has 1 heterocycles. The molecular formula is C6H4BrF3N2O2. The van der Waals surface area contributed by atoms with E-state index < -0.39 is 24.4 Å². The van der Waals surface area contributed by atoms with Crippen molar-refractivity contribution in [2.45, 2.75) is 12.7 Å². The van der Waals surface area contributed by atoms with Crippen LogP contribution in [-0.2, 0) is 17.5 Å². The van der Waals surface area contributed by atoms with Crippen LogP contribution in [0.4, 0.5) is 13.2 Å². The molecule has 0 saturated heterocycles. The molecule has 1 aromatic rings. The monoisotopic (exact) mass is 272 g/mol. The van der Waals surface area contributed by atoms with Gasteiger partial charge in [0.05, 0.1) is 0 Å². The molecular weight excluding hydrogens is 269 g/mol. The van der Waals surface area contributed by atoms with E-state index in [0.717, 1.165) is 6.07 Å². The van der Waals surface area contributed by atoms with Gasteiger partial charge in [0.2, 0.25) is 0 Å². The minimum atomic E-state index is -4.56. The third-order valence-electron chi connectivity index (χ3n) is 1.31. The molecule has 14 heavy (non-hydrogen) atoms. The van der Waals surface area contributed by atoms with Crippen LogP contribution >= 0.6 is 15.9 Å². The van der Waals surface area contributed by atoms with Crippen LogP contribution in [0.25, 0.3) is 0 Å². The Balaban J connectivity index is 2.99. The molecule has 8 heteroatoms. The zero-order valence-corrected chi connectivity index (χ0v) is 8.13. The lowest BCUT2D eigenvalue weighted by Crippen LogP contribution is -2.12. The van der Waals surface area contributed by atoms with E-state index in [1.54, 1.807) is 0 Å². The molecule has 0 saturated carbocycles. The summed E-state index contributed by atoms with van der Waals surface area (Å²) in [6, 6.07) is 0.725. The summed E-state index contributed by atoms with van der Waals surface area (Å²) in [7, 11) is 0. The summed E-state index contributed by atoms with van der Waals surface area (Å²) in [5, 5.41) is 11.4. The van der Waals surface area contributed by atoms with E-state index in [-0.39, 0.29) is 4.60 Å². The van der Waals surface area contributed by atoms with Crippen LogP contribution in [0.3, 0.4) is 0 Å². The highest BCUT2D eigenvalue weighted by Gasteiger charge is 2.34. The lowest BCUT2D eigenvalue weighted by molar-refractivity contribution is -0.143. The van der Waals surface area contributed by atoms with Gasteiger partial charge in [0, 0.05) is 6.07 Å². The Morgan fingerprint density at radius 3 is 2.57 bits per heavy atom. The van der Waals surface area contributed by atoms with Crippen molar-refractivity contribution < 1.29 is 23.1 Å². The van der Waals surface area contributed by atoms with Gasteiger partial charge in [-0.25, -0.2) is 4.68 Å². The first-order valence-electron chi connectivity index (χ1n) is 3.33. The number of carboxylic acids is 1. The molecule has 1 rings (SSSR count). The molecule has 0 spiro atoms. The molecule has 0 unspecified atom stereocenters. The van der Waals surface area contributed by atoms with Gasteiger partial charge in [-0.15, -0.1) is 0 Å². The van der Waals surface area contributed by atoms with Crippen molar-refractivity contribution in [2.75, 3.05) is 0 Å². The molecule has 0 bridgehead atoms. The molecule has 0 aliphatic carbocycles. The van der Waals surface area contributed by atoms with Crippen molar-refractivity contribution in [1.82, 2.24) is 9.78 Å². The number of aromatic nitrogens is 2. The lowest BCUT2D eigenvalue weighted by atomic mass is 10.4. The second-order valence-electron chi connectivity index (χ2n) is 2.40. The van der Waals surface area contributed by atoms with Crippen molar-refractivity contribution in [3.8, 4) is 0 Å². The summed E-state index contributed by atoms with van der Waals surface area (Å²) in [6.45, 7) is -0.614. The number of halogens is 4. The average molecular weight is 273 g/mol. The van der Waals surface area contributed by atoms with E-state index in [9.17, 15) is 18.0 Å². The first-order chi connectivity index (χ1) is 6.30. The van der Waals surface area contributed by atoms with Crippen molar-refractivity contribution in [3.05, 3.63) is 16.4 Å². The van der Waals surface area contributed by atoms with Crippen LogP contribution in [0, 0.1) is 0 Å². The fraction of sp³-hybridized carbons (Fsp3) is 0.333. The molecule has 4 nitrogen and oxygen atoms in total. The summed E-state index contributed by atoms with van der Waals surface area (Å²) >= 11 is 2.78. The second-order valence-corrected chi connectivity index (χ2v) is 3.21. The van der Waals surface area contributed by atoms with E-state index in [0.29, 0.717) is 4.68 Å². The quantitative estimate of drug-likeness (QED) is 0.893. The van der Waals surface area contributed by atoms with Crippen molar-refractivity contribution in [3.63, 3.8) is 0 Å². The van der Waals surface area contributed by atoms with Crippen molar-refractivity contribution in [2.24, 2.45) is 0 Å². The first-order valence-corrected chi connectivity index (χ1v) is 4.12. The zero-order chi connectivity index (χ0) is 10.9. The summed E-state index contributed by atoms with van der Waals surface area (Å²) < 4.78 is 36.9. The van der Waals surface area contributed by atoms with Crippen LogP contribution in [-0.4, -0.2) is 20.9 Å². The summed E-state index contributed by atoms with van der Waals surface area (Å²) in [5.41, 5.74) is -1.12. The van der Waals surface area contributed by atoms with Gasteiger partial charge in [-0.3, -0.25) is 4.79 Å². The third-order valence-corrected chi connectivity index (χ3v) is 1.94. The van der Waals surface area contributed by atoms with E-state index in [2.05, 4.69) is 21.0 Å². The first kappa shape index (κ1) is 11.0. The fourth-order valence-electron chi connectivity index (χ4n) is 0.772. The van der Waals surface area contributed by atoms with Crippen LogP contribution in [0.1, 0.15) is 5.69 Å². The highest BCUT2D eigenvalue weighted by Crippen LogP contribution is 2.29. The van der Waals surface area contributed by atoms with E-state index >= 15 is 0 Å². The van der Waals surface area contributed by atoms with Crippen LogP contribution in [0.15, 0.2) is 10.7 Å². The number of carboxylic acid groups (broad SMARTS) is 1. The number of carbonyl (C=O) groups is 1. The Bertz CT molecular complexity index is 360. The van der Waals surface area contributed by atoms with Gasteiger partial charge in [0.1, 0.15) is 11.1 Å². The SMILES string of the molecule is O=C(O)Cn1nc(C(F)(F)F)cc1Br. The summed E-state index contributed by atoms with van der Waals surface area (Å²) in [6.07, 6.45) is -4.56. The largest absolute Gasteiger partial charge is 0.480 e. The Labute approximate surface area is 84.5 Å². The maximum absolute atomic E-state index is 12.1. The third kappa shape index (κ3) is 2.47. The summed E-state index contributed by atoms with van der Waals surface area (Å²) in [5.74, 6) is -1.26. The molecule has 0 aromatic carbocycles. The maximum Gasteiger partial charge on any atom is 0.435 e. The number of hydrogen-bond donors (Lipinski definition) is 1. The Kier molecular flexibility index (Phi) is 2.84. The van der Waals surface area contributed by atoms with Crippen LogP contribution < -0.4 is 0 Å². The van der Waals surface area contributed by atoms with E-state index in [1.807, 2.05) is 0 Å². The van der Waals surface area contributed by atoms with Gasteiger partial charge in [-0.1, -0.05) is 0 Å². The Morgan fingerprint density at radius 2 is 2.21 bits per heavy atom. The minimum Gasteiger partial charge on any atom is -0.480 e. The predicted molar refractivity (Wildman–Crippen MR) is 42.6 cm³/mol. The number of hydrogen-bond acceptors (Lipinski definition) is 2. The second kappa shape index (κ2) is 3.60. The Hall–Kier alpha value is -1.05. The fourth-order valence-corrected chi connectivity index (χ4v) is 1.19. The zero-order valence-electron chi connectivity index (χ0n) is 6.55. The van der Waals surface area contributed by atoms with E-state index in [4.69, 9.17) is 5.11 Å². The number of nitrogens with zero attached hydrogens (tertiary/aromatic N) is 2. The van der Waals surface area contributed by atoms with Gasteiger partial charge in [-0.2, -0.15) is 18.3 Å². The standard InChI is InChI=1S/C6H4BrF3N2O2/c7-4-1-3(6(8,9)10)11-12(4)2-5(13)14/h1H,2H2,(H,13,14).